The number of piperidine rings is 1. The second-order valence-electron chi connectivity index (χ2n) is 9.76. The molecule has 15 heteroatoms. The van der Waals surface area contributed by atoms with Crippen LogP contribution in [0.2, 0.25) is 0 Å². The van der Waals surface area contributed by atoms with E-state index in [2.05, 4.69) is 20.6 Å². The molecular weight excluding hydrogens is 588 g/mol. The Labute approximate surface area is 239 Å². The van der Waals surface area contributed by atoms with E-state index in [4.69, 9.17) is 4.42 Å². The van der Waals surface area contributed by atoms with Crippen LogP contribution in [0.1, 0.15) is 35.4 Å². The molecule has 3 aromatic rings. The highest BCUT2D eigenvalue weighted by atomic mass is 32.2. The molecule has 2 aliphatic heterocycles. The van der Waals surface area contributed by atoms with E-state index < -0.39 is 34.6 Å². The van der Waals surface area contributed by atoms with Gasteiger partial charge in [0.05, 0.1) is 28.3 Å². The normalized spacial score (nSPS) is 17.8. The summed E-state index contributed by atoms with van der Waals surface area (Å²) >= 11 is 0.811. The van der Waals surface area contributed by atoms with E-state index >= 15 is 0 Å². The van der Waals surface area contributed by atoms with E-state index in [9.17, 15) is 35.9 Å². The van der Waals surface area contributed by atoms with Gasteiger partial charge < -0.3 is 14.6 Å². The molecular formula is C27H23F6N5O3S. The molecule has 0 spiro atoms. The number of thioether (sulfide) groups is 1. The van der Waals surface area contributed by atoms with Crippen LogP contribution >= 0.6 is 11.8 Å². The number of halogens is 6. The van der Waals surface area contributed by atoms with Gasteiger partial charge in [0.1, 0.15) is 11.5 Å². The number of nitrogens with one attached hydrogen (secondary N) is 2. The lowest BCUT2D eigenvalue weighted by atomic mass is 9.97. The van der Waals surface area contributed by atoms with Crippen molar-refractivity contribution in [3.8, 4) is 11.3 Å². The highest BCUT2D eigenvalue weighted by Gasteiger charge is 2.37. The number of anilines is 1. The number of aromatic nitrogens is 2. The SMILES string of the molecule is O=C1NC(=O)C(=Cc2ccnc(N3CCC(CNCc4ccc(-c5cc(C(F)(F)F)cc(C(F)(F)F)c5)o4)CC3)n2)S1. The molecule has 2 aliphatic rings. The second kappa shape index (κ2) is 11.8. The molecule has 0 aliphatic carbocycles. The van der Waals surface area contributed by atoms with E-state index in [0.717, 1.165) is 24.6 Å². The molecule has 222 valence electrons. The molecule has 0 atom stereocenters. The van der Waals surface area contributed by atoms with Gasteiger partial charge in [0.25, 0.3) is 11.1 Å². The van der Waals surface area contributed by atoms with Crippen LogP contribution in [0.4, 0.5) is 37.1 Å². The van der Waals surface area contributed by atoms with E-state index in [0.29, 0.717) is 55.1 Å². The van der Waals surface area contributed by atoms with Crippen molar-refractivity contribution in [2.45, 2.75) is 31.7 Å². The number of imide groups is 1. The Kier molecular flexibility index (Phi) is 8.32. The molecule has 2 amide bonds. The van der Waals surface area contributed by atoms with Gasteiger partial charge in [0, 0.05) is 24.8 Å². The molecule has 0 saturated carbocycles. The zero-order valence-corrected chi connectivity index (χ0v) is 22.5. The van der Waals surface area contributed by atoms with Crippen molar-refractivity contribution in [2.24, 2.45) is 5.92 Å². The number of nitrogens with zero attached hydrogens (tertiary/aromatic N) is 3. The third-order valence-electron chi connectivity index (χ3n) is 6.75. The predicted molar refractivity (Wildman–Crippen MR) is 142 cm³/mol. The van der Waals surface area contributed by atoms with Gasteiger partial charge in [-0.1, -0.05) is 0 Å². The standard InChI is InChI=1S/C27H23F6N5O3S/c28-26(29,30)17-9-16(10-18(11-17)27(31,32)33)21-2-1-20(41-21)14-34-13-15-4-7-38(8-5-15)24-35-6-3-19(36-24)12-22-23(39)37-25(40)42-22/h1-3,6,9-12,15,34H,4-5,7-8,13-14H2,(H,37,39,40). The smallest absolute Gasteiger partial charge is 0.416 e. The zero-order valence-electron chi connectivity index (χ0n) is 21.7. The summed E-state index contributed by atoms with van der Waals surface area (Å²) in [6.07, 6.45) is -5.12. The Hall–Kier alpha value is -3.85. The maximum atomic E-state index is 13.2. The van der Waals surface area contributed by atoms with Crippen LogP contribution in [0.15, 0.2) is 51.9 Å². The molecule has 0 bridgehead atoms. The Balaban J connectivity index is 1.14. The van der Waals surface area contributed by atoms with Crippen LogP contribution < -0.4 is 15.5 Å². The van der Waals surface area contributed by atoms with E-state index in [1.165, 1.54) is 18.2 Å². The third-order valence-corrected chi connectivity index (χ3v) is 7.56. The van der Waals surface area contributed by atoms with Gasteiger partial charge in [-0.05, 0) is 79.5 Å². The van der Waals surface area contributed by atoms with Crippen molar-refractivity contribution >= 4 is 34.9 Å². The van der Waals surface area contributed by atoms with Gasteiger partial charge in [-0.15, -0.1) is 0 Å². The summed E-state index contributed by atoms with van der Waals surface area (Å²) in [5, 5.41) is 5.00. The molecule has 5 rings (SSSR count). The number of furan rings is 1. The summed E-state index contributed by atoms with van der Waals surface area (Å²) in [5.41, 5.74) is -2.60. The van der Waals surface area contributed by atoms with Crippen LogP contribution in [-0.2, 0) is 23.7 Å². The molecule has 2 saturated heterocycles. The van der Waals surface area contributed by atoms with Gasteiger partial charge in [-0.3, -0.25) is 14.9 Å². The number of rotatable bonds is 7. The maximum Gasteiger partial charge on any atom is 0.416 e. The van der Waals surface area contributed by atoms with Crippen LogP contribution in [0.5, 0.6) is 0 Å². The van der Waals surface area contributed by atoms with Crippen molar-refractivity contribution < 1.29 is 40.3 Å². The summed E-state index contributed by atoms with van der Waals surface area (Å²) in [4.78, 5) is 34.3. The highest BCUT2D eigenvalue weighted by Crippen LogP contribution is 2.39. The van der Waals surface area contributed by atoms with Gasteiger partial charge in [0.15, 0.2) is 0 Å². The van der Waals surface area contributed by atoms with Crippen LogP contribution in [0, 0.1) is 5.92 Å². The lowest BCUT2D eigenvalue weighted by Gasteiger charge is -2.32. The Morgan fingerprint density at radius 3 is 2.33 bits per heavy atom. The minimum atomic E-state index is -4.94. The second-order valence-corrected chi connectivity index (χ2v) is 10.8. The minimum absolute atomic E-state index is 0.0826. The van der Waals surface area contributed by atoms with Crippen LogP contribution in [0.3, 0.4) is 0 Å². The molecule has 0 unspecified atom stereocenters. The molecule has 2 aromatic heterocycles. The molecule has 8 nitrogen and oxygen atoms in total. The fraction of sp³-hybridized carbons (Fsp3) is 0.333. The van der Waals surface area contributed by atoms with Crippen molar-refractivity contribution in [1.82, 2.24) is 20.6 Å². The fourth-order valence-corrected chi connectivity index (χ4v) is 5.28. The van der Waals surface area contributed by atoms with Crippen LogP contribution in [-0.4, -0.2) is 40.7 Å². The number of carbonyl (C=O) groups is 2. The lowest BCUT2D eigenvalue weighted by Crippen LogP contribution is -2.38. The average Bonchev–Trinajstić information content (AvgIpc) is 3.53. The van der Waals surface area contributed by atoms with Crippen molar-refractivity contribution in [1.29, 1.82) is 0 Å². The number of alkyl halides is 6. The fourth-order valence-electron chi connectivity index (χ4n) is 4.61. The molecule has 4 heterocycles. The van der Waals surface area contributed by atoms with Gasteiger partial charge in [-0.2, -0.15) is 26.3 Å². The predicted octanol–water partition coefficient (Wildman–Crippen LogP) is 6.10. The largest absolute Gasteiger partial charge is 0.460 e. The third kappa shape index (κ3) is 7.13. The number of hydrogen-bond acceptors (Lipinski definition) is 8. The van der Waals surface area contributed by atoms with E-state index in [1.54, 1.807) is 12.3 Å². The average molecular weight is 612 g/mol. The molecule has 2 fully saturated rings. The summed E-state index contributed by atoms with van der Waals surface area (Å²) in [5.74, 6) is 0.646. The quantitative estimate of drug-likeness (QED) is 0.244. The lowest BCUT2D eigenvalue weighted by molar-refractivity contribution is -0.143. The molecule has 2 N–H and O–H groups in total. The maximum absolute atomic E-state index is 13.2. The molecule has 42 heavy (non-hydrogen) atoms. The summed E-state index contributed by atoms with van der Waals surface area (Å²) in [7, 11) is 0. The monoisotopic (exact) mass is 611 g/mol. The topological polar surface area (TPSA) is 100 Å². The number of carbonyl (C=O) groups excluding carboxylic acids is 2. The summed E-state index contributed by atoms with van der Waals surface area (Å²) < 4.78 is 84.7. The Morgan fingerprint density at radius 2 is 1.71 bits per heavy atom. The van der Waals surface area contributed by atoms with Gasteiger partial charge >= 0.3 is 12.4 Å². The van der Waals surface area contributed by atoms with Crippen molar-refractivity contribution in [2.75, 3.05) is 24.5 Å². The van der Waals surface area contributed by atoms with Crippen LogP contribution in [0.25, 0.3) is 17.4 Å². The number of amides is 2. The minimum Gasteiger partial charge on any atom is -0.460 e. The van der Waals surface area contributed by atoms with E-state index in [-0.39, 0.29) is 28.8 Å². The molecule has 0 radical (unpaired) electrons. The first-order valence-electron chi connectivity index (χ1n) is 12.8. The Morgan fingerprint density at radius 1 is 1.02 bits per heavy atom. The van der Waals surface area contributed by atoms with E-state index in [1.807, 2.05) is 4.90 Å². The Bertz CT molecular complexity index is 1480. The number of hydrogen-bond donors (Lipinski definition) is 2. The highest BCUT2D eigenvalue weighted by molar-refractivity contribution is 8.18. The summed E-state index contributed by atoms with van der Waals surface area (Å²) in [6, 6.07) is 5.87. The molecule has 1 aromatic carbocycles. The zero-order chi connectivity index (χ0) is 30.1. The van der Waals surface area contributed by atoms with Gasteiger partial charge in [0.2, 0.25) is 5.95 Å². The summed E-state index contributed by atoms with van der Waals surface area (Å²) in [6.45, 7) is 2.24. The first kappa shape index (κ1) is 29.6. The number of benzene rings is 1. The van der Waals surface area contributed by atoms with Crippen molar-refractivity contribution in [3.63, 3.8) is 0 Å². The van der Waals surface area contributed by atoms with Gasteiger partial charge in [-0.25, -0.2) is 9.97 Å². The first-order chi connectivity index (χ1) is 19.8. The van der Waals surface area contributed by atoms with Crippen molar-refractivity contribution in [3.05, 3.63) is 70.1 Å². The first-order valence-corrected chi connectivity index (χ1v) is 13.6.